The van der Waals surface area contributed by atoms with E-state index in [4.69, 9.17) is 16.5 Å². The summed E-state index contributed by atoms with van der Waals surface area (Å²) in [5.41, 5.74) is 1.86. The second-order valence-corrected chi connectivity index (χ2v) is 28.9. The van der Waals surface area contributed by atoms with Crippen LogP contribution in [-0.4, -0.2) is 42.3 Å². The molecule has 132 valence electrons. The van der Waals surface area contributed by atoms with E-state index in [2.05, 4.69) is 65.5 Å². The van der Waals surface area contributed by atoms with Crippen molar-refractivity contribution in [3.8, 4) is 0 Å². The number of hydrogen-bond acceptors (Lipinski definition) is 4. The molecule has 0 aliphatic rings. The Hall–Kier alpha value is 0.664. The fourth-order valence-electron chi connectivity index (χ4n) is 2.26. The van der Waals surface area contributed by atoms with Crippen LogP contribution in [0, 0.1) is 0 Å². The van der Waals surface area contributed by atoms with E-state index in [-0.39, 0.29) is 0 Å². The molecule has 0 aliphatic heterocycles. The van der Waals surface area contributed by atoms with Crippen LogP contribution in [0.5, 0.6) is 0 Å². The lowest BCUT2D eigenvalue weighted by molar-refractivity contribution is 0.238. The molecule has 0 amide bonds. The fraction of sp³-hybridized carbons (Fsp3) is 0.846. The zero-order valence-corrected chi connectivity index (χ0v) is 21.4. The lowest BCUT2D eigenvalue weighted by Gasteiger charge is -2.42. The SMILES string of the molecule is C=C[Si](C)(O[Si](C)(C)C)O[Si](C)(O[Si](C)(C)C)O[Si](C)(C)C. The number of hydrogen-bond donors (Lipinski definition) is 0. The van der Waals surface area contributed by atoms with E-state index in [1.807, 2.05) is 18.8 Å². The van der Waals surface area contributed by atoms with Gasteiger partial charge in [-0.1, -0.05) is 5.70 Å². The van der Waals surface area contributed by atoms with Gasteiger partial charge in [-0.25, -0.2) is 0 Å². The molecule has 1 unspecified atom stereocenters. The molecule has 0 heterocycles. The van der Waals surface area contributed by atoms with Gasteiger partial charge in [0.25, 0.3) is 0 Å². The highest BCUT2D eigenvalue weighted by Gasteiger charge is 2.49. The Morgan fingerprint density at radius 3 is 1.09 bits per heavy atom. The van der Waals surface area contributed by atoms with Crippen LogP contribution in [0.25, 0.3) is 0 Å². The summed E-state index contributed by atoms with van der Waals surface area (Å²) in [7, 11) is -10.6. The van der Waals surface area contributed by atoms with Gasteiger partial charge in [-0.15, -0.1) is 6.58 Å². The largest absolute Gasteiger partial charge is 0.468 e. The Balaban J connectivity index is 5.46. The molecule has 22 heavy (non-hydrogen) atoms. The average Bonchev–Trinajstić information content (AvgIpc) is 2.05. The standard InChI is InChI=1S/C13H36O4Si5/c1-13-21(11,14-18(2,3)4)17-22(12,15-19(5,6)7)16-20(8,9)10/h13H,1H2,2-12H3. The smallest absolute Gasteiger partial charge is 0.434 e. The molecule has 0 saturated carbocycles. The van der Waals surface area contributed by atoms with Crippen LogP contribution in [0.3, 0.4) is 0 Å². The molecule has 0 radical (unpaired) electrons. The van der Waals surface area contributed by atoms with Crippen molar-refractivity contribution in [2.75, 3.05) is 0 Å². The fourth-order valence-corrected chi connectivity index (χ4v) is 21.8. The first-order chi connectivity index (χ1) is 9.39. The van der Waals surface area contributed by atoms with Crippen molar-refractivity contribution in [1.82, 2.24) is 0 Å². The summed E-state index contributed by atoms with van der Waals surface area (Å²) in [6, 6.07) is 0. The van der Waals surface area contributed by atoms with E-state index >= 15 is 0 Å². The molecule has 1 atom stereocenters. The molecule has 0 aromatic carbocycles. The van der Waals surface area contributed by atoms with Gasteiger partial charge in [-0.2, -0.15) is 0 Å². The molecular formula is C13H36O4Si5. The van der Waals surface area contributed by atoms with Gasteiger partial charge < -0.3 is 16.5 Å². The molecule has 0 saturated heterocycles. The monoisotopic (exact) mass is 396 g/mol. The maximum absolute atomic E-state index is 6.50. The molecular weight excluding hydrogens is 361 g/mol. The van der Waals surface area contributed by atoms with Crippen LogP contribution in [-0.2, 0) is 16.5 Å². The van der Waals surface area contributed by atoms with Gasteiger partial charge in [0, 0.05) is 6.55 Å². The maximum Gasteiger partial charge on any atom is 0.468 e. The third-order valence-corrected chi connectivity index (χ3v) is 18.0. The Morgan fingerprint density at radius 1 is 0.545 bits per heavy atom. The molecule has 4 nitrogen and oxygen atoms in total. The van der Waals surface area contributed by atoms with Gasteiger partial charge in [-0.3, -0.25) is 0 Å². The topological polar surface area (TPSA) is 36.9 Å². The van der Waals surface area contributed by atoms with Crippen molar-refractivity contribution in [2.24, 2.45) is 0 Å². The lowest BCUT2D eigenvalue weighted by atomic mass is 11.3. The third kappa shape index (κ3) is 10.4. The molecule has 0 spiro atoms. The first-order valence-electron chi connectivity index (χ1n) is 7.83. The average molecular weight is 397 g/mol. The molecule has 0 aromatic rings. The first-order valence-corrected chi connectivity index (χ1v) is 22.7. The van der Waals surface area contributed by atoms with E-state index in [9.17, 15) is 0 Å². The minimum absolute atomic E-state index is 1.73. The van der Waals surface area contributed by atoms with Crippen molar-refractivity contribution in [3.63, 3.8) is 0 Å². The highest BCUT2D eigenvalue weighted by Crippen LogP contribution is 2.27. The summed E-state index contributed by atoms with van der Waals surface area (Å²) in [5, 5.41) is 0. The molecule has 9 heteroatoms. The van der Waals surface area contributed by atoms with E-state index in [0.29, 0.717) is 0 Å². The van der Waals surface area contributed by atoms with Crippen LogP contribution < -0.4 is 0 Å². The normalized spacial score (nSPS) is 17.2. The molecule has 0 N–H and O–H groups in total. The summed E-state index contributed by atoms with van der Waals surface area (Å²) < 4.78 is 25.6. The molecule has 0 aliphatic carbocycles. The predicted octanol–water partition coefficient (Wildman–Crippen LogP) is 4.92. The lowest BCUT2D eigenvalue weighted by Crippen LogP contribution is -2.61. The van der Waals surface area contributed by atoms with Crippen molar-refractivity contribution < 1.29 is 16.5 Å². The Labute approximate surface area is 143 Å². The number of rotatable bonds is 9. The predicted molar refractivity (Wildman–Crippen MR) is 108 cm³/mol. The van der Waals surface area contributed by atoms with Gasteiger partial charge >= 0.3 is 17.4 Å². The van der Waals surface area contributed by atoms with E-state index in [0.717, 1.165) is 0 Å². The van der Waals surface area contributed by atoms with Gasteiger partial charge in [0.2, 0.25) is 0 Å². The molecule has 0 fully saturated rings. The van der Waals surface area contributed by atoms with Gasteiger partial charge in [0.1, 0.15) is 0 Å². The van der Waals surface area contributed by atoms with Crippen LogP contribution in [0.1, 0.15) is 0 Å². The highest BCUT2D eigenvalue weighted by atomic mass is 28.5. The van der Waals surface area contributed by atoms with Crippen molar-refractivity contribution in [2.45, 2.75) is 72.0 Å². The molecule has 0 bridgehead atoms. The minimum atomic E-state index is -2.77. The zero-order chi connectivity index (χ0) is 18.0. The zero-order valence-electron chi connectivity index (χ0n) is 16.4. The Morgan fingerprint density at radius 2 is 0.864 bits per heavy atom. The Kier molecular flexibility index (Phi) is 7.49. The van der Waals surface area contributed by atoms with Gasteiger partial charge in [0.15, 0.2) is 25.0 Å². The quantitative estimate of drug-likeness (QED) is 0.518. The van der Waals surface area contributed by atoms with Crippen LogP contribution >= 0.6 is 0 Å². The van der Waals surface area contributed by atoms with Crippen molar-refractivity contribution in [3.05, 3.63) is 12.3 Å². The van der Waals surface area contributed by atoms with Crippen LogP contribution in [0.15, 0.2) is 12.3 Å². The summed E-state index contributed by atoms with van der Waals surface area (Å²) in [4.78, 5) is 0. The van der Waals surface area contributed by atoms with Crippen molar-refractivity contribution >= 4 is 42.3 Å². The van der Waals surface area contributed by atoms with Crippen molar-refractivity contribution in [1.29, 1.82) is 0 Å². The molecule has 0 aromatic heterocycles. The summed E-state index contributed by atoms with van der Waals surface area (Å²) in [6.07, 6.45) is 0. The third-order valence-electron chi connectivity index (χ3n) is 2.25. The summed E-state index contributed by atoms with van der Waals surface area (Å²) in [5.74, 6) is 0. The maximum atomic E-state index is 6.50. The van der Waals surface area contributed by atoms with Crippen LogP contribution in [0.4, 0.5) is 0 Å². The summed E-state index contributed by atoms with van der Waals surface area (Å²) in [6.45, 7) is 27.5. The second kappa shape index (κ2) is 7.27. The highest BCUT2D eigenvalue weighted by molar-refractivity contribution is 6.92. The van der Waals surface area contributed by atoms with E-state index in [1.165, 1.54) is 0 Å². The summed E-state index contributed by atoms with van der Waals surface area (Å²) >= 11 is 0. The van der Waals surface area contributed by atoms with Crippen LogP contribution in [0.2, 0.25) is 72.0 Å². The Bertz CT molecular complexity index is 367. The first kappa shape index (κ1) is 22.7. The van der Waals surface area contributed by atoms with E-state index < -0.39 is 42.3 Å². The van der Waals surface area contributed by atoms with Gasteiger partial charge in [0.05, 0.1) is 0 Å². The minimum Gasteiger partial charge on any atom is -0.434 e. The second-order valence-electron chi connectivity index (χ2n) is 8.83. The van der Waals surface area contributed by atoms with E-state index in [1.54, 1.807) is 0 Å². The molecule has 0 rings (SSSR count). The van der Waals surface area contributed by atoms with Gasteiger partial charge in [-0.05, 0) is 65.5 Å².